The van der Waals surface area contributed by atoms with Crippen LogP contribution in [0.1, 0.15) is 36.1 Å². The zero-order chi connectivity index (χ0) is 20.8. The molecule has 0 unspecified atom stereocenters. The summed E-state index contributed by atoms with van der Waals surface area (Å²) in [6.45, 7) is 6.41. The second-order valence-corrected chi connectivity index (χ2v) is 7.54. The van der Waals surface area contributed by atoms with E-state index in [1.165, 1.54) is 27.9 Å². The Morgan fingerprint density at radius 2 is 0.867 bits per heavy atom. The van der Waals surface area contributed by atoms with E-state index in [0.717, 1.165) is 13.1 Å². The molecule has 0 atom stereocenters. The van der Waals surface area contributed by atoms with Crippen LogP contribution in [0.4, 0.5) is 5.69 Å². The van der Waals surface area contributed by atoms with Gasteiger partial charge >= 0.3 is 0 Å². The highest BCUT2D eigenvalue weighted by Gasteiger charge is 2.40. The van der Waals surface area contributed by atoms with Crippen molar-refractivity contribution in [2.24, 2.45) is 0 Å². The number of para-hydroxylation sites is 1. The third kappa shape index (κ3) is 3.41. The first-order valence-electron chi connectivity index (χ1n) is 10.8. The summed E-state index contributed by atoms with van der Waals surface area (Å²) in [4.78, 5) is 2.46. The molecule has 1 nitrogen and oxygen atoms in total. The van der Waals surface area contributed by atoms with E-state index >= 15 is 0 Å². The van der Waals surface area contributed by atoms with Gasteiger partial charge in [-0.2, -0.15) is 0 Å². The van der Waals surface area contributed by atoms with Crippen molar-refractivity contribution in [3.63, 3.8) is 0 Å². The molecule has 1 heteroatoms. The highest BCUT2D eigenvalue weighted by molar-refractivity contribution is 5.69. The van der Waals surface area contributed by atoms with E-state index < -0.39 is 5.41 Å². The van der Waals surface area contributed by atoms with Crippen LogP contribution in [-0.2, 0) is 5.41 Å². The van der Waals surface area contributed by atoms with Crippen LogP contribution in [0.2, 0.25) is 0 Å². The number of nitrogens with zero attached hydrogens (tertiary/aromatic N) is 1. The van der Waals surface area contributed by atoms with Crippen molar-refractivity contribution in [3.05, 3.63) is 138 Å². The molecule has 0 amide bonds. The van der Waals surface area contributed by atoms with Gasteiger partial charge in [-0.1, -0.05) is 109 Å². The van der Waals surface area contributed by atoms with Crippen molar-refractivity contribution in [2.75, 3.05) is 18.0 Å². The molecule has 0 saturated heterocycles. The average molecular weight is 392 g/mol. The normalized spacial score (nSPS) is 11.3. The number of hydrogen-bond donors (Lipinski definition) is 0. The lowest BCUT2D eigenvalue weighted by Gasteiger charge is -2.40. The topological polar surface area (TPSA) is 3.24 Å². The van der Waals surface area contributed by atoms with Crippen molar-refractivity contribution in [3.8, 4) is 0 Å². The van der Waals surface area contributed by atoms with E-state index in [-0.39, 0.29) is 0 Å². The highest BCUT2D eigenvalue weighted by atomic mass is 15.1. The van der Waals surface area contributed by atoms with Gasteiger partial charge in [-0.3, -0.25) is 0 Å². The minimum absolute atomic E-state index is 0.400. The van der Waals surface area contributed by atoms with E-state index in [0.29, 0.717) is 0 Å². The van der Waals surface area contributed by atoms with E-state index in [2.05, 4.69) is 134 Å². The first-order chi connectivity index (χ1) is 14.8. The van der Waals surface area contributed by atoms with Gasteiger partial charge in [0.2, 0.25) is 0 Å². The summed E-state index contributed by atoms with van der Waals surface area (Å²) in [5.41, 5.74) is 6.05. The third-order valence-electron chi connectivity index (χ3n) is 6.03. The maximum absolute atomic E-state index is 2.46. The average Bonchev–Trinajstić information content (AvgIpc) is 2.83. The summed E-state index contributed by atoms with van der Waals surface area (Å²) in [5.74, 6) is 0. The van der Waals surface area contributed by atoms with Crippen molar-refractivity contribution in [1.29, 1.82) is 0 Å². The summed E-state index contributed by atoms with van der Waals surface area (Å²) in [7, 11) is 0. The van der Waals surface area contributed by atoms with Crippen molar-refractivity contribution >= 4 is 5.69 Å². The Hall–Kier alpha value is -3.32. The monoisotopic (exact) mass is 391 g/mol. The molecule has 0 aromatic heterocycles. The first-order valence-corrected chi connectivity index (χ1v) is 10.8. The fourth-order valence-corrected chi connectivity index (χ4v) is 4.66. The summed E-state index contributed by atoms with van der Waals surface area (Å²) in [6, 6.07) is 41.7. The van der Waals surface area contributed by atoms with Gasteiger partial charge in [0.05, 0.1) is 5.41 Å². The minimum atomic E-state index is -0.400. The van der Waals surface area contributed by atoms with Crippen LogP contribution in [0.15, 0.2) is 115 Å². The molecule has 0 N–H and O–H groups in total. The van der Waals surface area contributed by atoms with Gasteiger partial charge in [0.1, 0.15) is 0 Å². The molecule has 0 aliphatic heterocycles. The van der Waals surface area contributed by atoms with Gasteiger partial charge in [0.15, 0.2) is 0 Å². The van der Waals surface area contributed by atoms with Crippen LogP contribution in [0.25, 0.3) is 0 Å². The Bertz CT molecular complexity index is 954. The predicted molar refractivity (Wildman–Crippen MR) is 128 cm³/mol. The predicted octanol–water partition coefficient (Wildman–Crippen LogP) is 6.92. The molecule has 0 heterocycles. The summed E-state index contributed by atoms with van der Waals surface area (Å²) in [6.07, 6.45) is 0. The van der Waals surface area contributed by atoms with Gasteiger partial charge in [0, 0.05) is 18.8 Å². The molecule has 4 aromatic carbocycles. The Balaban J connectivity index is 2.15. The highest BCUT2D eigenvalue weighted by Crippen LogP contribution is 2.48. The first kappa shape index (κ1) is 20.0. The molecule has 0 fully saturated rings. The maximum atomic E-state index is 2.46. The van der Waals surface area contributed by atoms with Gasteiger partial charge in [-0.05, 0) is 42.2 Å². The summed E-state index contributed by atoms with van der Waals surface area (Å²) < 4.78 is 0. The molecule has 0 aliphatic rings. The van der Waals surface area contributed by atoms with Crippen LogP contribution in [0.5, 0.6) is 0 Å². The molecule has 4 aromatic rings. The fourth-order valence-electron chi connectivity index (χ4n) is 4.66. The zero-order valence-corrected chi connectivity index (χ0v) is 17.8. The number of benzene rings is 4. The second-order valence-electron chi connectivity index (χ2n) is 7.54. The van der Waals surface area contributed by atoms with E-state index in [4.69, 9.17) is 0 Å². The lowest BCUT2D eigenvalue weighted by Crippen LogP contribution is -2.34. The van der Waals surface area contributed by atoms with Crippen LogP contribution in [0.3, 0.4) is 0 Å². The van der Waals surface area contributed by atoms with Gasteiger partial charge in [-0.15, -0.1) is 0 Å². The standard InChI is InChI=1S/C29H29N/c1-3-30(4-2)28-23-15-14-22-27(28)29(24-16-8-5-9-17-24,25-18-10-6-11-19-25)26-20-12-7-13-21-26/h5-23H,3-4H2,1-2H3. The zero-order valence-electron chi connectivity index (χ0n) is 17.8. The molecular weight excluding hydrogens is 362 g/mol. The number of hydrogen-bond acceptors (Lipinski definition) is 1. The molecule has 150 valence electrons. The molecule has 0 spiro atoms. The van der Waals surface area contributed by atoms with E-state index in [1.807, 2.05) is 0 Å². The Labute approximate surface area is 180 Å². The molecular formula is C29H29N. The smallest absolute Gasteiger partial charge is 0.0721 e. The maximum Gasteiger partial charge on any atom is 0.0721 e. The minimum Gasteiger partial charge on any atom is -0.372 e. The number of rotatable bonds is 7. The quantitative estimate of drug-likeness (QED) is 0.309. The van der Waals surface area contributed by atoms with Crippen LogP contribution in [0, 0.1) is 0 Å². The van der Waals surface area contributed by atoms with Crippen LogP contribution < -0.4 is 4.90 Å². The van der Waals surface area contributed by atoms with Crippen LogP contribution in [-0.4, -0.2) is 13.1 Å². The van der Waals surface area contributed by atoms with E-state index in [9.17, 15) is 0 Å². The Morgan fingerprint density at radius 1 is 0.500 bits per heavy atom. The van der Waals surface area contributed by atoms with E-state index in [1.54, 1.807) is 0 Å². The Kier molecular flexibility index (Phi) is 5.99. The van der Waals surface area contributed by atoms with Crippen LogP contribution >= 0.6 is 0 Å². The SMILES string of the molecule is CCN(CC)c1ccccc1C(c1ccccc1)(c1ccccc1)c1ccccc1. The lowest BCUT2D eigenvalue weighted by molar-refractivity contribution is 0.732. The molecule has 30 heavy (non-hydrogen) atoms. The molecule has 4 rings (SSSR count). The largest absolute Gasteiger partial charge is 0.372 e. The number of anilines is 1. The fraction of sp³-hybridized carbons (Fsp3) is 0.172. The van der Waals surface area contributed by atoms with Gasteiger partial charge in [0.25, 0.3) is 0 Å². The van der Waals surface area contributed by atoms with Gasteiger partial charge in [-0.25, -0.2) is 0 Å². The molecule has 0 aliphatic carbocycles. The van der Waals surface area contributed by atoms with Crippen molar-refractivity contribution < 1.29 is 0 Å². The lowest BCUT2D eigenvalue weighted by atomic mass is 9.64. The van der Waals surface area contributed by atoms with Crippen molar-refractivity contribution in [1.82, 2.24) is 0 Å². The molecule has 0 saturated carbocycles. The summed E-state index contributed by atoms with van der Waals surface area (Å²) >= 11 is 0. The van der Waals surface area contributed by atoms with Gasteiger partial charge < -0.3 is 4.90 Å². The molecule has 0 bridgehead atoms. The second kappa shape index (κ2) is 9.00. The van der Waals surface area contributed by atoms with Crippen molar-refractivity contribution in [2.45, 2.75) is 19.3 Å². The Morgan fingerprint density at radius 3 is 1.27 bits per heavy atom. The summed E-state index contributed by atoms with van der Waals surface area (Å²) in [5, 5.41) is 0. The third-order valence-corrected chi connectivity index (χ3v) is 6.03. The molecule has 0 radical (unpaired) electrons.